The highest BCUT2D eigenvalue weighted by Crippen LogP contribution is 2.22. The molecule has 0 aliphatic carbocycles. The molecule has 5 heteroatoms. The first-order valence-corrected chi connectivity index (χ1v) is 5.28. The highest BCUT2D eigenvalue weighted by molar-refractivity contribution is 7.59. The van der Waals surface area contributed by atoms with Gasteiger partial charge < -0.3 is 5.32 Å². The van der Waals surface area contributed by atoms with Crippen molar-refractivity contribution >= 4 is 30.2 Å². The molecule has 0 aromatic carbocycles. The minimum Gasteiger partial charge on any atom is -0.367 e. The number of aromatic nitrogens is 3. The average Bonchev–Trinajstić information content (AvgIpc) is 2.61. The van der Waals surface area contributed by atoms with Gasteiger partial charge in [-0.05, 0) is 26.3 Å². The van der Waals surface area contributed by atoms with Gasteiger partial charge in [0.2, 0.25) is 0 Å². The van der Waals surface area contributed by atoms with Crippen LogP contribution in [-0.4, -0.2) is 21.2 Å². The molecular weight excluding hydrogens is 220 g/mol. The average molecular weight is 238 g/mol. The molecule has 0 fully saturated rings. The van der Waals surface area contributed by atoms with Gasteiger partial charge in [-0.3, -0.25) is 5.10 Å². The Labute approximate surface area is 102 Å². The summed E-state index contributed by atoms with van der Waals surface area (Å²) in [5.74, 6) is 0.924. The Balaban J connectivity index is 0.00000128. The van der Waals surface area contributed by atoms with E-state index in [2.05, 4.69) is 34.3 Å². The molecule has 0 saturated carbocycles. The molecule has 2 N–H and O–H groups in total. The van der Waals surface area contributed by atoms with Crippen LogP contribution in [0.2, 0.25) is 0 Å². The lowest BCUT2D eigenvalue weighted by Crippen LogP contribution is -2.14. The molecule has 4 nitrogen and oxygen atoms in total. The minimum absolute atomic E-state index is 0. The number of nitrogens with one attached hydrogen (secondary N) is 2. The number of hydrogen-bond donors (Lipinski definition) is 2. The first-order valence-electron chi connectivity index (χ1n) is 5.28. The zero-order chi connectivity index (χ0) is 10.8. The van der Waals surface area contributed by atoms with Crippen LogP contribution in [0.5, 0.6) is 0 Å². The van der Waals surface area contributed by atoms with E-state index in [1.54, 1.807) is 6.20 Å². The molecule has 0 amide bonds. The van der Waals surface area contributed by atoms with E-state index in [9.17, 15) is 0 Å². The Hall–Kier alpha value is -1.23. The van der Waals surface area contributed by atoms with Crippen LogP contribution < -0.4 is 5.32 Å². The largest absolute Gasteiger partial charge is 0.367 e. The molecular formula is C11H18N4S. The molecule has 0 saturated heterocycles. The van der Waals surface area contributed by atoms with Crippen molar-refractivity contribution in [2.24, 2.45) is 0 Å². The molecule has 0 spiro atoms. The lowest BCUT2D eigenvalue weighted by Gasteiger charge is -2.12. The molecule has 1 atom stereocenters. The second-order valence-corrected chi connectivity index (χ2v) is 3.86. The number of aryl methyl sites for hydroxylation is 1. The van der Waals surface area contributed by atoms with Gasteiger partial charge in [0, 0.05) is 17.9 Å². The van der Waals surface area contributed by atoms with E-state index in [1.165, 1.54) is 0 Å². The number of pyridine rings is 1. The summed E-state index contributed by atoms with van der Waals surface area (Å²) in [5.41, 5.74) is 2.03. The SMILES string of the molecule is CC[C@H](C)Nc1nccc2n[nH]c(C)c12.S. The fourth-order valence-corrected chi connectivity index (χ4v) is 1.56. The molecule has 0 radical (unpaired) electrons. The van der Waals surface area contributed by atoms with Crippen LogP contribution in [0.3, 0.4) is 0 Å². The van der Waals surface area contributed by atoms with Crippen molar-refractivity contribution in [3.63, 3.8) is 0 Å². The molecule has 0 bridgehead atoms. The Morgan fingerprint density at radius 2 is 2.25 bits per heavy atom. The first-order chi connectivity index (χ1) is 7.22. The Kier molecular flexibility index (Phi) is 4.18. The summed E-state index contributed by atoms with van der Waals surface area (Å²) in [6, 6.07) is 2.35. The van der Waals surface area contributed by atoms with Crippen LogP contribution in [-0.2, 0) is 0 Å². The summed E-state index contributed by atoms with van der Waals surface area (Å²) >= 11 is 0. The molecule has 16 heavy (non-hydrogen) atoms. The predicted molar refractivity (Wildman–Crippen MR) is 72.4 cm³/mol. The smallest absolute Gasteiger partial charge is 0.137 e. The third-order valence-electron chi connectivity index (χ3n) is 2.64. The van der Waals surface area contributed by atoms with Crippen molar-refractivity contribution in [1.82, 2.24) is 15.2 Å². The van der Waals surface area contributed by atoms with Crippen LogP contribution in [0.4, 0.5) is 5.82 Å². The highest BCUT2D eigenvalue weighted by Gasteiger charge is 2.09. The number of rotatable bonds is 3. The van der Waals surface area contributed by atoms with Gasteiger partial charge >= 0.3 is 0 Å². The summed E-state index contributed by atoms with van der Waals surface area (Å²) in [4.78, 5) is 4.36. The second kappa shape index (κ2) is 5.21. The van der Waals surface area contributed by atoms with Gasteiger partial charge in [0.15, 0.2) is 0 Å². The van der Waals surface area contributed by atoms with E-state index in [4.69, 9.17) is 0 Å². The van der Waals surface area contributed by atoms with Gasteiger partial charge in [0.05, 0.1) is 10.9 Å². The number of H-pyrrole nitrogens is 1. The van der Waals surface area contributed by atoms with E-state index < -0.39 is 0 Å². The summed E-state index contributed by atoms with van der Waals surface area (Å²) in [6.07, 6.45) is 2.86. The maximum absolute atomic E-state index is 4.36. The number of hydrogen-bond acceptors (Lipinski definition) is 3. The lowest BCUT2D eigenvalue weighted by atomic mass is 10.2. The summed E-state index contributed by atoms with van der Waals surface area (Å²) in [5, 5.41) is 11.7. The molecule has 0 aliphatic heterocycles. The van der Waals surface area contributed by atoms with E-state index in [-0.39, 0.29) is 13.5 Å². The van der Waals surface area contributed by atoms with Crippen molar-refractivity contribution in [2.45, 2.75) is 33.2 Å². The van der Waals surface area contributed by atoms with Crippen LogP contribution in [0.15, 0.2) is 12.3 Å². The van der Waals surface area contributed by atoms with Gasteiger partial charge in [-0.25, -0.2) is 4.98 Å². The number of nitrogens with zero attached hydrogens (tertiary/aromatic N) is 2. The second-order valence-electron chi connectivity index (χ2n) is 3.86. The van der Waals surface area contributed by atoms with Crippen molar-refractivity contribution in [3.05, 3.63) is 18.0 Å². The topological polar surface area (TPSA) is 53.6 Å². The summed E-state index contributed by atoms with van der Waals surface area (Å²) < 4.78 is 0. The van der Waals surface area contributed by atoms with Crippen molar-refractivity contribution in [3.8, 4) is 0 Å². The summed E-state index contributed by atoms with van der Waals surface area (Å²) in [6.45, 7) is 6.31. The van der Waals surface area contributed by atoms with Gasteiger partial charge in [-0.15, -0.1) is 0 Å². The highest BCUT2D eigenvalue weighted by atomic mass is 32.1. The maximum Gasteiger partial charge on any atom is 0.137 e. The van der Waals surface area contributed by atoms with Crippen molar-refractivity contribution < 1.29 is 0 Å². The quantitative estimate of drug-likeness (QED) is 0.864. The third kappa shape index (κ3) is 2.29. The number of aromatic amines is 1. The van der Waals surface area contributed by atoms with Gasteiger partial charge in [-0.1, -0.05) is 6.92 Å². The van der Waals surface area contributed by atoms with E-state index in [0.29, 0.717) is 6.04 Å². The fourth-order valence-electron chi connectivity index (χ4n) is 1.56. The van der Waals surface area contributed by atoms with Crippen molar-refractivity contribution in [1.29, 1.82) is 0 Å². The zero-order valence-electron chi connectivity index (χ0n) is 9.83. The minimum atomic E-state index is 0. The van der Waals surface area contributed by atoms with Gasteiger partial charge in [0.25, 0.3) is 0 Å². The molecule has 2 aromatic rings. The first kappa shape index (κ1) is 12.8. The fraction of sp³-hybridized carbons (Fsp3) is 0.455. The van der Waals surface area contributed by atoms with Crippen molar-refractivity contribution in [2.75, 3.05) is 5.32 Å². The monoisotopic (exact) mass is 238 g/mol. The molecule has 2 aromatic heterocycles. The molecule has 2 rings (SSSR count). The van der Waals surface area contributed by atoms with E-state index >= 15 is 0 Å². The van der Waals surface area contributed by atoms with Crippen LogP contribution in [0.1, 0.15) is 26.0 Å². The van der Waals surface area contributed by atoms with Gasteiger partial charge in [0.1, 0.15) is 5.82 Å². The Morgan fingerprint density at radius 1 is 1.50 bits per heavy atom. The van der Waals surface area contributed by atoms with Crippen LogP contribution in [0, 0.1) is 6.92 Å². The van der Waals surface area contributed by atoms with Gasteiger partial charge in [-0.2, -0.15) is 18.6 Å². The Morgan fingerprint density at radius 3 is 2.94 bits per heavy atom. The number of anilines is 1. The maximum atomic E-state index is 4.36. The predicted octanol–water partition coefficient (Wildman–Crippen LogP) is 2.59. The third-order valence-corrected chi connectivity index (χ3v) is 2.64. The Bertz CT molecular complexity index is 466. The van der Waals surface area contributed by atoms with Crippen LogP contribution in [0.25, 0.3) is 10.9 Å². The molecule has 0 aliphatic rings. The molecule has 2 heterocycles. The number of fused-ring (bicyclic) bond motifs is 1. The summed E-state index contributed by atoms with van der Waals surface area (Å²) in [7, 11) is 0. The molecule has 88 valence electrons. The molecule has 0 unspecified atom stereocenters. The normalized spacial score (nSPS) is 12.2. The standard InChI is InChI=1S/C11H16N4.H2S/c1-4-7(2)13-11-10-8(3)14-15-9(10)5-6-12-11;/h5-7H,4H2,1-3H3,(H,12,13)(H,14,15);1H2/t7-;/m0./s1. The van der Waals surface area contributed by atoms with E-state index in [0.717, 1.165) is 28.8 Å². The van der Waals surface area contributed by atoms with Crippen LogP contribution >= 0.6 is 13.5 Å². The van der Waals surface area contributed by atoms with E-state index in [1.807, 2.05) is 13.0 Å². The lowest BCUT2D eigenvalue weighted by molar-refractivity contribution is 0.760. The zero-order valence-corrected chi connectivity index (χ0v) is 10.8.